The molecule has 1 fully saturated rings. The first-order chi connectivity index (χ1) is 24.3. The van der Waals surface area contributed by atoms with Gasteiger partial charge in [-0.15, -0.1) is 6.58 Å². The number of nitrogens with one attached hydrogen (secondary N) is 1. The van der Waals surface area contributed by atoms with Crippen molar-refractivity contribution in [3.8, 4) is 23.0 Å². The van der Waals surface area contributed by atoms with E-state index in [-0.39, 0.29) is 17.5 Å². The van der Waals surface area contributed by atoms with Crippen LogP contribution in [-0.2, 0) is 6.42 Å². The van der Waals surface area contributed by atoms with Gasteiger partial charge in [-0.3, -0.25) is 4.90 Å². The van der Waals surface area contributed by atoms with Crippen molar-refractivity contribution >= 4 is 29.2 Å². The largest absolute Gasteiger partial charge is 0.497 e. The molecule has 4 aromatic rings. The van der Waals surface area contributed by atoms with E-state index in [1.165, 1.54) is 24.3 Å². The van der Waals surface area contributed by atoms with E-state index in [1.54, 1.807) is 49.6 Å². The number of benzene rings is 3. The number of methoxy groups -OCH3 is 2. The summed E-state index contributed by atoms with van der Waals surface area (Å²) in [5.74, 6) is 1.28. The maximum Gasteiger partial charge on any atom is 0.425 e. The van der Waals surface area contributed by atoms with Gasteiger partial charge in [0.15, 0.2) is 11.6 Å². The number of halogens is 1. The topological polar surface area (TPSA) is 102 Å². The van der Waals surface area contributed by atoms with Gasteiger partial charge in [0, 0.05) is 62.8 Å². The SMILES string of the molecule is C=CCc1cccc(C)c1OC(=O)N(c1ccnc(Nc2ccc(OCCN3CCN(CCC)CC3)c(F)c2)n1)c1ccc(OC)cc1OC. The average molecular weight is 685 g/mol. The minimum absolute atomic E-state index is 0.131. The molecular weight excluding hydrogens is 639 g/mol. The van der Waals surface area contributed by atoms with Gasteiger partial charge in [0.05, 0.1) is 19.9 Å². The first kappa shape index (κ1) is 36.1. The Balaban J connectivity index is 1.34. The molecule has 50 heavy (non-hydrogen) atoms. The smallest absolute Gasteiger partial charge is 0.425 e. The minimum atomic E-state index is -0.729. The lowest BCUT2D eigenvalue weighted by Gasteiger charge is -2.34. The Labute approximate surface area is 293 Å². The lowest BCUT2D eigenvalue weighted by atomic mass is 10.1. The maximum absolute atomic E-state index is 15.1. The number of hydrogen-bond acceptors (Lipinski definition) is 10. The first-order valence-electron chi connectivity index (χ1n) is 16.7. The zero-order valence-electron chi connectivity index (χ0n) is 29.2. The van der Waals surface area contributed by atoms with Crippen LogP contribution in [0.3, 0.4) is 0 Å². The summed E-state index contributed by atoms with van der Waals surface area (Å²) < 4.78 is 38.0. The number of hydrogen-bond donors (Lipinski definition) is 1. The molecule has 0 spiro atoms. The van der Waals surface area contributed by atoms with E-state index >= 15 is 4.39 Å². The number of allylic oxidation sites excluding steroid dienone is 1. The Kier molecular flexibility index (Phi) is 12.6. The Hall–Kier alpha value is -5.20. The normalized spacial score (nSPS) is 13.4. The first-order valence-corrected chi connectivity index (χ1v) is 16.7. The Morgan fingerprint density at radius 3 is 2.48 bits per heavy atom. The van der Waals surface area contributed by atoms with E-state index < -0.39 is 11.9 Å². The second-order valence-corrected chi connectivity index (χ2v) is 11.8. The van der Waals surface area contributed by atoms with Crippen LogP contribution in [0.5, 0.6) is 23.0 Å². The summed E-state index contributed by atoms with van der Waals surface area (Å²) in [7, 11) is 3.04. The average Bonchev–Trinajstić information content (AvgIpc) is 3.12. The summed E-state index contributed by atoms with van der Waals surface area (Å²) in [5, 5.41) is 3.04. The lowest BCUT2D eigenvalue weighted by molar-refractivity contribution is 0.116. The van der Waals surface area contributed by atoms with Crippen LogP contribution in [0.2, 0.25) is 0 Å². The number of carbonyl (C=O) groups excluding carboxylic acids is 1. The van der Waals surface area contributed by atoms with Crippen LogP contribution in [0.25, 0.3) is 0 Å². The maximum atomic E-state index is 15.1. The van der Waals surface area contributed by atoms with Crippen LogP contribution in [0.15, 0.2) is 79.5 Å². The molecule has 5 rings (SSSR count). The number of nitrogens with zero attached hydrogens (tertiary/aromatic N) is 5. The fourth-order valence-corrected chi connectivity index (χ4v) is 5.79. The van der Waals surface area contributed by atoms with E-state index in [0.717, 1.165) is 56.8 Å². The highest BCUT2D eigenvalue weighted by atomic mass is 19.1. The van der Waals surface area contributed by atoms with E-state index in [4.69, 9.17) is 18.9 Å². The van der Waals surface area contributed by atoms with Gasteiger partial charge in [0.25, 0.3) is 0 Å². The van der Waals surface area contributed by atoms with Crippen molar-refractivity contribution in [2.24, 2.45) is 0 Å². The van der Waals surface area contributed by atoms with Gasteiger partial charge in [-0.2, -0.15) is 4.98 Å². The number of rotatable bonds is 15. The summed E-state index contributed by atoms with van der Waals surface area (Å²) in [6.07, 6.45) is 4.18. The quantitative estimate of drug-likeness (QED) is 0.130. The lowest BCUT2D eigenvalue weighted by Crippen LogP contribution is -2.47. The predicted molar refractivity (Wildman–Crippen MR) is 193 cm³/mol. The van der Waals surface area contributed by atoms with Crippen molar-refractivity contribution in [3.05, 3.63) is 96.5 Å². The Morgan fingerprint density at radius 1 is 1.00 bits per heavy atom. The molecule has 1 aliphatic rings. The molecule has 0 bridgehead atoms. The van der Waals surface area contributed by atoms with Gasteiger partial charge in [-0.05, 0) is 61.7 Å². The fourth-order valence-electron chi connectivity index (χ4n) is 5.79. The number of ether oxygens (including phenoxy) is 4. The van der Waals surface area contributed by atoms with E-state index in [0.29, 0.717) is 41.7 Å². The number of amides is 1. The van der Waals surface area contributed by atoms with Crippen molar-refractivity contribution < 1.29 is 28.1 Å². The molecule has 1 saturated heterocycles. The Morgan fingerprint density at radius 2 is 1.78 bits per heavy atom. The highest BCUT2D eigenvalue weighted by Gasteiger charge is 2.27. The van der Waals surface area contributed by atoms with Crippen LogP contribution in [0.4, 0.5) is 32.3 Å². The number of anilines is 4. The van der Waals surface area contributed by atoms with Gasteiger partial charge < -0.3 is 29.2 Å². The van der Waals surface area contributed by atoms with E-state index in [1.807, 2.05) is 25.1 Å². The van der Waals surface area contributed by atoms with Crippen LogP contribution in [0.1, 0.15) is 24.5 Å². The summed E-state index contributed by atoms with van der Waals surface area (Å²) in [4.78, 5) is 29.1. The van der Waals surface area contributed by atoms with Crippen molar-refractivity contribution in [1.82, 2.24) is 19.8 Å². The molecule has 0 atom stereocenters. The number of aryl methyl sites for hydroxylation is 1. The van der Waals surface area contributed by atoms with Crippen molar-refractivity contribution in [2.75, 3.05) is 70.3 Å². The molecule has 1 aromatic heterocycles. The monoisotopic (exact) mass is 684 g/mol. The summed E-state index contributed by atoms with van der Waals surface area (Å²) in [6, 6.07) is 16.9. The second kappa shape index (κ2) is 17.5. The molecule has 0 unspecified atom stereocenters. The second-order valence-electron chi connectivity index (χ2n) is 11.8. The van der Waals surface area contributed by atoms with Gasteiger partial charge in [-0.25, -0.2) is 19.1 Å². The van der Waals surface area contributed by atoms with E-state index in [2.05, 4.69) is 38.6 Å². The predicted octanol–water partition coefficient (Wildman–Crippen LogP) is 7.16. The van der Waals surface area contributed by atoms with Crippen molar-refractivity contribution in [1.29, 1.82) is 0 Å². The van der Waals surface area contributed by atoms with Crippen LogP contribution < -0.4 is 29.2 Å². The number of piperazine rings is 1. The number of aromatic nitrogens is 2. The molecular formula is C38H45FN6O5. The zero-order valence-corrected chi connectivity index (χ0v) is 29.2. The molecule has 0 aliphatic carbocycles. The third-order valence-corrected chi connectivity index (χ3v) is 8.39. The highest BCUT2D eigenvalue weighted by Crippen LogP contribution is 2.37. The van der Waals surface area contributed by atoms with Crippen LogP contribution >= 0.6 is 0 Å². The molecule has 11 nitrogen and oxygen atoms in total. The molecule has 0 radical (unpaired) electrons. The van der Waals surface area contributed by atoms with Gasteiger partial charge in [0.2, 0.25) is 5.95 Å². The summed E-state index contributed by atoms with van der Waals surface area (Å²) >= 11 is 0. The Bertz CT molecular complexity index is 1760. The number of carbonyl (C=O) groups is 1. The van der Waals surface area contributed by atoms with E-state index in [9.17, 15) is 4.79 Å². The molecule has 12 heteroatoms. The molecule has 0 saturated carbocycles. The molecule has 1 amide bonds. The van der Waals surface area contributed by atoms with Gasteiger partial charge >= 0.3 is 6.09 Å². The van der Waals surface area contributed by atoms with Crippen molar-refractivity contribution in [2.45, 2.75) is 26.7 Å². The third-order valence-electron chi connectivity index (χ3n) is 8.39. The highest BCUT2D eigenvalue weighted by molar-refractivity contribution is 5.98. The third kappa shape index (κ3) is 9.07. The number of para-hydroxylation sites is 1. The standard InChI is InChI=1S/C38H45FN6O5/c1-6-9-28-11-8-10-27(3)36(28)50-38(46)45(32-14-13-30(47-4)26-34(32)48-5)35-16-17-40-37(42-35)41-29-12-15-33(31(39)25-29)49-24-23-44-21-19-43(18-7-2)20-22-44/h6,8,10-17,25-26H,1,7,9,18-24H2,2-5H3,(H,40,41,42). The van der Waals surface area contributed by atoms with Crippen LogP contribution in [0, 0.1) is 12.7 Å². The molecule has 1 N–H and O–H groups in total. The molecule has 2 heterocycles. The fraction of sp³-hybridized carbons (Fsp3) is 0.342. The summed E-state index contributed by atoms with van der Waals surface area (Å²) in [6.45, 7) is 14.2. The molecule has 3 aromatic carbocycles. The zero-order chi connectivity index (χ0) is 35.5. The minimum Gasteiger partial charge on any atom is -0.497 e. The van der Waals surface area contributed by atoms with Crippen molar-refractivity contribution in [3.63, 3.8) is 0 Å². The molecule has 1 aliphatic heterocycles. The molecule has 264 valence electrons. The van der Waals surface area contributed by atoms with Gasteiger partial charge in [-0.1, -0.05) is 31.2 Å². The van der Waals surface area contributed by atoms with Gasteiger partial charge in [0.1, 0.15) is 29.7 Å². The van der Waals surface area contributed by atoms with Crippen LogP contribution in [-0.4, -0.2) is 86.0 Å². The summed E-state index contributed by atoms with van der Waals surface area (Å²) in [5.41, 5.74) is 2.35.